The Balaban J connectivity index is 2.48. The molecule has 0 radical (unpaired) electrons. The highest BCUT2D eigenvalue weighted by molar-refractivity contribution is 7.93. The van der Waals surface area contributed by atoms with Gasteiger partial charge in [0.15, 0.2) is 0 Å². The Bertz CT molecular complexity index is 732. The summed E-state index contributed by atoms with van der Waals surface area (Å²) in [5.74, 6) is 0.220. The Morgan fingerprint density at radius 3 is 2.33 bits per heavy atom. The van der Waals surface area contributed by atoms with Crippen molar-refractivity contribution in [2.75, 3.05) is 10.5 Å². The highest BCUT2D eigenvalue weighted by atomic mass is 32.2. The van der Waals surface area contributed by atoms with Gasteiger partial charge in [0, 0.05) is 0 Å². The van der Waals surface area contributed by atoms with Crippen molar-refractivity contribution in [2.45, 2.75) is 31.6 Å². The lowest BCUT2D eigenvalue weighted by molar-refractivity contribution is 0.601. The Labute approximate surface area is 126 Å². The van der Waals surface area contributed by atoms with Crippen LogP contribution < -0.4 is 10.5 Å². The first kappa shape index (κ1) is 15.4. The number of nitrogens with one attached hydrogen (secondary N) is 1. The van der Waals surface area contributed by atoms with Gasteiger partial charge in [-0.2, -0.15) is 0 Å². The van der Waals surface area contributed by atoms with Crippen molar-refractivity contribution < 1.29 is 8.42 Å². The molecule has 21 heavy (non-hydrogen) atoms. The number of sulfonamides is 1. The molecule has 2 aromatic carbocycles. The summed E-state index contributed by atoms with van der Waals surface area (Å²) in [5, 5.41) is 0. The fourth-order valence-corrected chi connectivity index (χ4v) is 3.78. The summed E-state index contributed by atoms with van der Waals surface area (Å²) in [6.45, 7) is 5.78. The van der Waals surface area contributed by atoms with Crippen LogP contribution in [-0.2, 0) is 10.0 Å². The Morgan fingerprint density at radius 1 is 1.05 bits per heavy atom. The highest BCUT2D eigenvalue weighted by Gasteiger charge is 2.21. The Kier molecular flexibility index (Phi) is 4.23. The molecular weight excluding hydrogens is 284 g/mol. The molecule has 0 fully saturated rings. The predicted octanol–water partition coefficient (Wildman–Crippen LogP) is 3.50. The fraction of sp³-hybridized carbons (Fsp3) is 0.250. The topological polar surface area (TPSA) is 72.2 Å². The molecule has 2 aromatic rings. The molecule has 5 heteroatoms. The van der Waals surface area contributed by atoms with Crippen molar-refractivity contribution in [3.63, 3.8) is 0 Å². The fourth-order valence-electron chi connectivity index (χ4n) is 2.33. The zero-order chi connectivity index (χ0) is 15.6. The SMILES string of the molecule is Cc1cccc(N)c1S(=O)(=O)Nc1ccccc1C(C)C. The molecule has 0 atom stereocenters. The second kappa shape index (κ2) is 5.77. The normalized spacial score (nSPS) is 11.6. The molecule has 0 unspecified atom stereocenters. The van der Waals surface area contributed by atoms with Gasteiger partial charge in [-0.25, -0.2) is 8.42 Å². The number of hydrogen-bond donors (Lipinski definition) is 2. The third kappa shape index (κ3) is 3.19. The number of hydrogen-bond acceptors (Lipinski definition) is 3. The summed E-state index contributed by atoms with van der Waals surface area (Å²) in [6, 6.07) is 12.5. The van der Waals surface area contributed by atoms with Crippen molar-refractivity contribution in [3.05, 3.63) is 53.6 Å². The minimum Gasteiger partial charge on any atom is -0.398 e. The van der Waals surface area contributed by atoms with Crippen molar-refractivity contribution in [2.24, 2.45) is 0 Å². The summed E-state index contributed by atoms with van der Waals surface area (Å²) in [6.07, 6.45) is 0. The van der Waals surface area contributed by atoms with Crippen LogP contribution >= 0.6 is 0 Å². The molecule has 0 spiro atoms. The van der Waals surface area contributed by atoms with Gasteiger partial charge in [-0.3, -0.25) is 4.72 Å². The van der Waals surface area contributed by atoms with E-state index >= 15 is 0 Å². The zero-order valence-electron chi connectivity index (χ0n) is 12.4. The van der Waals surface area contributed by atoms with Crippen LogP contribution in [0.5, 0.6) is 0 Å². The van der Waals surface area contributed by atoms with Gasteiger partial charge in [0.05, 0.1) is 11.4 Å². The van der Waals surface area contributed by atoms with Gasteiger partial charge in [0.25, 0.3) is 10.0 Å². The van der Waals surface area contributed by atoms with E-state index in [1.54, 1.807) is 31.2 Å². The highest BCUT2D eigenvalue weighted by Crippen LogP contribution is 2.29. The predicted molar refractivity (Wildman–Crippen MR) is 86.9 cm³/mol. The second-order valence-electron chi connectivity index (χ2n) is 5.34. The number of rotatable bonds is 4. The molecule has 0 aromatic heterocycles. The number of nitrogens with two attached hydrogens (primary N) is 1. The Hall–Kier alpha value is -2.01. The maximum atomic E-state index is 12.6. The number of nitrogen functional groups attached to an aromatic ring is 1. The van der Waals surface area contributed by atoms with Crippen LogP contribution in [-0.4, -0.2) is 8.42 Å². The Morgan fingerprint density at radius 2 is 1.71 bits per heavy atom. The van der Waals surface area contributed by atoms with Crippen LogP contribution in [0.25, 0.3) is 0 Å². The third-order valence-corrected chi connectivity index (χ3v) is 4.92. The quantitative estimate of drug-likeness (QED) is 0.849. The van der Waals surface area contributed by atoms with Crippen molar-refractivity contribution in [1.82, 2.24) is 0 Å². The molecule has 0 bridgehead atoms. The second-order valence-corrected chi connectivity index (χ2v) is 6.96. The molecule has 2 rings (SSSR count). The lowest BCUT2D eigenvalue weighted by atomic mass is 10.0. The van der Waals surface area contributed by atoms with Gasteiger partial charge < -0.3 is 5.73 Å². The molecule has 0 aliphatic heterocycles. The molecule has 0 saturated heterocycles. The van der Waals surface area contributed by atoms with Crippen LogP contribution in [0.15, 0.2) is 47.4 Å². The summed E-state index contributed by atoms with van der Waals surface area (Å²) >= 11 is 0. The summed E-state index contributed by atoms with van der Waals surface area (Å²) in [4.78, 5) is 0.142. The molecule has 0 heterocycles. The first-order valence-electron chi connectivity index (χ1n) is 6.79. The van der Waals surface area contributed by atoms with Gasteiger partial charge >= 0.3 is 0 Å². The smallest absolute Gasteiger partial charge is 0.264 e. The van der Waals surface area contributed by atoms with E-state index in [1.165, 1.54) is 0 Å². The van der Waals surface area contributed by atoms with Crippen LogP contribution in [0.1, 0.15) is 30.9 Å². The number of para-hydroxylation sites is 1. The van der Waals surface area contributed by atoms with E-state index in [1.807, 2.05) is 32.0 Å². The first-order chi connectivity index (χ1) is 9.83. The zero-order valence-corrected chi connectivity index (χ0v) is 13.2. The molecule has 4 nitrogen and oxygen atoms in total. The summed E-state index contributed by atoms with van der Waals surface area (Å²) < 4.78 is 27.9. The minimum atomic E-state index is -3.71. The lowest BCUT2D eigenvalue weighted by Crippen LogP contribution is -2.17. The van der Waals surface area contributed by atoms with E-state index in [9.17, 15) is 8.42 Å². The molecule has 3 N–H and O–H groups in total. The molecule has 0 aliphatic rings. The third-order valence-electron chi connectivity index (χ3n) is 3.34. The van der Waals surface area contributed by atoms with Gasteiger partial charge in [-0.15, -0.1) is 0 Å². The van der Waals surface area contributed by atoms with Crippen LogP contribution in [0.3, 0.4) is 0 Å². The summed E-state index contributed by atoms with van der Waals surface area (Å²) in [5.41, 5.74) is 8.27. The molecular formula is C16H20N2O2S. The largest absolute Gasteiger partial charge is 0.398 e. The molecule has 0 aliphatic carbocycles. The van der Waals surface area contributed by atoms with E-state index < -0.39 is 10.0 Å². The van der Waals surface area contributed by atoms with Gasteiger partial charge in [-0.1, -0.05) is 44.2 Å². The molecule has 0 saturated carbocycles. The average molecular weight is 304 g/mol. The van der Waals surface area contributed by atoms with Gasteiger partial charge in [0.1, 0.15) is 4.90 Å². The van der Waals surface area contributed by atoms with Crippen molar-refractivity contribution in [1.29, 1.82) is 0 Å². The van der Waals surface area contributed by atoms with E-state index in [2.05, 4.69) is 4.72 Å². The number of benzene rings is 2. The van der Waals surface area contributed by atoms with Crippen molar-refractivity contribution >= 4 is 21.4 Å². The lowest BCUT2D eigenvalue weighted by Gasteiger charge is -2.16. The molecule has 0 amide bonds. The average Bonchev–Trinajstić information content (AvgIpc) is 2.37. The van der Waals surface area contributed by atoms with Gasteiger partial charge in [-0.05, 0) is 36.1 Å². The van der Waals surface area contributed by atoms with Gasteiger partial charge in [0.2, 0.25) is 0 Å². The van der Waals surface area contributed by atoms with Crippen LogP contribution in [0.4, 0.5) is 11.4 Å². The summed E-state index contributed by atoms with van der Waals surface area (Å²) in [7, 11) is -3.71. The monoisotopic (exact) mass is 304 g/mol. The minimum absolute atomic E-state index is 0.142. The maximum absolute atomic E-state index is 12.6. The maximum Gasteiger partial charge on any atom is 0.264 e. The van der Waals surface area contributed by atoms with E-state index in [0.717, 1.165) is 5.56 Å². The molecule has 112 valence electrons. The first-order valence-corrected chi connectivity index (χ1v) is 8.28. The standard InChI is InChI=1S/C16H20N2O2S/c1-11(2)13-8-4-5-10-15(13)18-21(19,20)16-12(3)7-6-9-14(16)17/h4-11,18H,17H2,1-3H3. The number of aryl methyl sites for hydroxylation is 1. The van der Waals surface area contributed by atoms with Crippen molar-refractivity contribution in [3.8, 4) is 0 Å². The van der Waals surface area contributed by atoms with E-state index in [0.29, 0.717) is 11.3 Å². The van der Waals surface area contributed by atoms with Crippen LogP contribution in [0.2, 0.25) is 0 Å². The van der Waals surface area contributed by atoms with Crippen LogP contribution in [0, 0.1) is 6.92 Å². The van der Waals surface area contributed by atoms with E-state index in [-0.39, 0.29) is 16.5 Å². The van der Waals surface area contributed by atoms with E-state index in [4.69, 9.17) is 5.73 Å². The number of anilines is 2.